The molecule has 2 heterocycles. The number of carbonyl (C=O) groups excluding carboxylic acids is 2. The smallest absolute Gasteiger partial charge is 0.287 e. The first-order valence-electron chi connectivity index (χ1n) is 7.44. The number of hydrogen-bond acceptors (Lipinski definition) is 4. The molecule has 0 spiro atoms. The molecule has 6 nitrogen and oxygen atoms in total. The first-order chi connectivity index (χ1) is 10.2. The fourth-order valence-corrected chi connectivity index (χ4v) is 3.13. The van der Waals surface area contributed by atoms with E-state index in [1.165, 1.54) is 6.26 Å². The molecule has 1 aliphatic heterocycles. The van der Waals surface area contributed by atoms with E-state index in [1.807, 2.05) is 0 Å². The summed E-state index contributed by atoms with van der Waals surface area (Å²) in [5.74, 6) is -0.0530. The molecule has 2 aliphatic rings. The van der Waals surface area contributed by atoms with Crippen LogP contribution in [0.1, 0.15) is 36.2 Å². The summed E-state index contributed by atoms with van der Waals surface area (Å²) in [6.45, 7) is 2.32. The standard InChI is InChI=1S/C15H20N2O4/c18-13(12-4-3-9-21-12)16-15(5-1-2-6-15)14(19)17-7-10-20-11-8-17/h3-4,9H,1-2,5-8,10-11H2,(H,16,18). The molecule has 1 aromatic heterocycles. The second-order valence-corrected chi connectivity index (χ2v) is 5.63. The number of morpholine rings is 1. The maximum atomic E-state index is 12.9. The molecule has 0 radical (unpaired) electrons. The van der Waals surface area contributed by atoms with Crippen LogP contribution >= 0.6 is 0 Å². The average Bonchev–Trinajstić information content (AvgIpc) is 3.19. The lowest BCUT2D eigenvalue weighted by atomic mass is 9.94. The SMILES string of the molecule is O=C(NC1(C(=O)N2CCOCC2)CCCC1)c1ccco1. The highest BCUT2D eigenvalue weighted by Gasteiger charge is 2.45. The molecule has 0 unspecified atom stereocenters. The number of amides is 2. The van der Waals surface area contributed by atoms with E-state index >= 15 is 0 Å². The Kier molecular flexibility index (Phi) is 3.96. The average molecular weight is 292 g/mol. The third-order valence-corrected chi connectivity index (χ3v) is 4.26. The largest absolute Gasteiger partial charge is 0.459 e. The number of rotatable bonds is 3. The molecule has 2 fully saturated rings. The van der Waals surface area contributed by atoms with Crippen molar-refractivity contribution < 1.29 is 18.7 Å². The second kappa shape index (κ2) is 5.89. The lowest BCUT2D eigenvalue weighted by molar-refractivity contribution is -0.142. The molecule has 1 N–H and O–H groups in total. The van der Waals surface area contributed by atoms with Crippen LogP contribution in [0.25, 0.3) is 0 Å². The van der Waals surface area contributed by atoms with Crippen LogP contribution in [0.5, 0.6) is 0 Å². The quantitative estimate of drug-likeness (QED) is 0.908. The Morgan fingerprint density at radius 1 is 1.19 bits per heavy atom. The summed E-state index contributed by atoms with van der Waals surface area (Å²) in [6, 6.07) is 3.28. The van der Waals surface area contributed by atoms with E-state index in [0.29, 0.717) is 39.1 Å². The summed E-state index contributed by atoms with van der Waals surface area (Å²) in [4.78, 5) is 26.9. The Hall–Kier alpha value is -1.82. The van der Waals surface area contributed by atoms with Crippen molar-refractivity contribution in [2.75, 3.05) is 26.3 Å². The summed E-state index contributed by atoms with van der Waals surface area (Å²) in [6.07, 6.45) is 4.74. The fourth-order valence-electron chi connectivity index (χ4n) is 3.13. The molecule has 1 aliphatic carbocycles. The van der Waals surface area contributed by atoms with Gasteiger partial charge in [-0.25, -0.2) is 0 Å². The molecule has 0 bridgehead atoms. The van der Waals surface area contributed by atoms with E-state index in [-0.39, 0.29) is 17.6 Å². The zero-order valence-corrected chi connectivity index (χ0v) is 12.0. The Bertz CT molecular complexity index is 500. The van der Waals surface area contributed by atoms with Crippen molar-refractivity contribution in [3.8, 4) is 0 Å². The highest BCUT2D eigenvalue weighted by molar-refractivity contribution is 5.97. The molecule has 1 saturated heterocycles. The molecule has 1 aromatic rings. The highest BCUT2D eigenvalue weighted by Crippen LogP contribution is 2.32. The van der Waals surface area contributed by atoms with Crippen LogP contribution in [0.2, 0.25) is 0 Å². The second-order valence-electron chi connectivity index (χ2n) is 5.63. The maximum absolute atomic E-state index is 12.9. The van der Waals surface area contributed by atoms with E-state index in [1.54, 1.807) is 17.0 Å². The molecule has 21 heavy (non-hydrogen) atoms. The van der Waals surface area contributed by atoms with Crippen molar-refractivity contribution in [2.45, 2.75) is 31.2 Å². The van der Waals surface area contributed by atoms with Gasteiger partial charge in [0.2, 0.25) is 5.91 Å². The minimum Gasteiger partial charge on any atom is -0.459 e. The Morgan fingerprint density at radius 3 is 2.52 bits per heavy atom. The van der Waals surface area contributed by atoms with Gasteiger partial charge in [-0.3, -0.25) is 9.59 Å². The van der Waals surface area contributed by atoms with Gasteiger partial charge in [0.1, 0.15) is 5.54 Å². The zero-order valence-electron chi connectivity index (χ0n) is 12.0. The van der Waals surface area contributed by atoms with Gasteiger partial charge in [-0.2, -0.15) is 0 Å². The lowest BCUT2D eigenvalue weighted by Crippen LogP contribution is -2.59. The summed E-state index contributed by atoms with van der Waals surface area (Å²) in [7, 11) is 0. The summed E-state index contributed by atoms with van der Waals surface area (Å²) < 4.78 is 10.4. The Labute approximate surface area is 123 Å². The van der Waals surface area contributed by atoms with Crippen LogP contribution in [0.4, 0.5) is 0 Å². The first kappa shape index (κ1) is 14.1. The van der Waals surface area contributed by atoms with Crippen molar-refractivity contribution in [1.82, 2.24) is 10.2 Å². The molecule has 1 saturated carbocycles. The van der Waals surface area contributed by atoms with Crippen molar-refractivity contribution in [2.24, 2.45) is 0 Å². The molecule has 0 atom stereocenters. The van der Waals surface area contributed by atoms with Gasteiger partial charge >= 0.3 is 0 Å². The summed E-state index contributed by atoms with van der Waals surface area (Å²) in [5.41, 5.74) is -0.777. The van der Waals surface area contributed by atoms with Gasteiger partial charge in [0.15, 0.2) is 5.76 Å². The van der Waals surface area contributed by atoms with Gasteiger partial charge in [-0.1, -0.05) is 12.8 Å². The first-order valence-corrected chi connectivity index (χ1v) is 7.44. The molecule has 6 heteroatoms. The van der Waals surface area contributed by atoms with Crippen molar-refractivity contribution in [3.05, 3.63) is 24.2 Å². The molecule has 3 rings (SSSR count). The highest BCUT2D eigenvalue weighted by atomic mass is 16.5. The number of hydrogen-bond donors (Lipinski definition) is 1. The predicted octanol–water partition coefficient (Wildman–Crippen LogP) is 1.18. The van der Waals surface area contributed by atoms with Gasteiger partial charge in [0.05, 0.1) is 19.5 Å². The monoisotopic (exact) mass is 292 g/mol. The van der Waals surface area contributed by atoms with E-state index in [0.717, 1.165) is 12.8 Å². The van der Waals surface area contributed by atoms with Crippen molar-refractivity contribution in [3.63, 3.8) is 0 Å². The van der Waals surface area contributed by atoms with Crippen LogP contribution < -0.4 is 5.32 Å². The predicted molar refractivity (Wildman–Crippen MR) is 74.8 cm³/mol. The van der Waals surface area contributed by atoms with Crippen LogP contribution in [-0.2, 0) is 9.53 Å². The zero-order chi connectivity index (χ0) is 14.7. The molecular formula is C15H20N2O4. The third kappa shape index (κ3) is 2.81. The summed E-state index contributed by atoms with van der Waals surface area (Å²) >= 11 is 0. The van der Waals surface area contributed by atoms with Crippen LogP contribution in [0, 0.1) is 0 Å². The Morgan fingerprint density at radius 2 is 1.90 bits per heavy atom. The van der Waals surface area contributed by atoms with Crippen LogP contribution in [-0.4, -0.2) is 48.6 Å². The van der Waals surface area contributed by atoms with Gasteiger partial charge in [-0.15, -0.1) is 0 Å². The van der Waals surface area contributed by atoms with E-state index in [4.69, 9.17) is 9.15 Å². The number of carbonyl (C=O) groups is 2. The van der Waals surface area contributed by atoms with Gasteiger partial charge in [-0.05, 0) is 25.0 Å². The van der Waals surface area contributed by atoms with Gasteiger partial charge in [0, 0.05) is 13.1 Å². The number of nitrogens with zero attached hydrogens (tertiary/aromatic N) is 1. The van der Waals surface area contributed by atoms with Crippen LogP contribution in [0.15, 0.2) is 22.8 Å². The van der Waals surface area contributed by atoms with E-state index in [9.17, 15) is 9.59 Å². The van der Waals surface area contributed by atoms with Crippen molar-refractivity contribution in [1.29, 1.82) is 0 Å². The molecule has 114 valence electrons. The fraction of sp³-hybridized carbons (Fsp3) is 0.600. The Balaban J connectivity index is 1.75. The number of furan rings is 1. The minimum absolute atomic E-state index is 0.0169. The maximum Gasteiger partial charge on any atom is 0.287 e. The minimum atomic E-state index is -0.777. The van der Waals surface area contributed by atoms with E-state index < -0.39 is 5.54 Å². The molecular weight excluding hydrogens is 272 g/mol. The van der Waals surface area contributed by atoms with Gasteiger partial charge < -0.3 is 19.4 Å². The lowest BCUT2D eigenvalue weighted by Gasteiger charge is -2.36. The summed E-state index contributed by atoms with van der Waals surface area (Å²) in [5, 5.41) is 2.93. The van der Waals surface area contributed by atoms with Crippen molar-refractivity contribution >= 4 is 11.8 Å². The normalized spacial score (nSPS) is 21.2. The third-order valence-electron chi connectivity index (χ3n) is 4.26. The van der Waals surface area contributed by atoms with E-state index in [2.05, 4.69) is 5.32 Å². The molecule has 0 aromatic carbocycles. The topological polar surface area (TPSA) is 71.8 Å². The molecule has 2 amide bonds. The number of nitrogens with one attached hydrogen (secondary N) is 1. The number of ether oxygens (including phenoxy) is 1. The van der Waals surface area contributed by atoms with Crippen LogP contribution in [0.3, 0.4) is 0 Å². The van der Waals surface area contributed by atoms with Gasteiger partial charge in [0.25, 0.3) is 5.91 Å².